The Bertz CT molecular complexity index is 1470. The maximum absolute atomic E-state index is 13.1. The highest BCUT2D eigenvalue weighted by molar-refractivity contribution is 6.36. The molecule has 1 aromatic heterocycles. The number of nitrogens with zero attached hydrogens (tertiary/aromatic N) is 3. The predicted molar refractivity (Wildman–Crippen MR) is 130 cm³/mol. The van der Waals surface area contributed by atoms with Crippen LogP contribution in [0.15, 0.2) is 72.8 Å². The third-order valence-electron chi connectivity index (χ3n) is 5.66. The van der Waals surface area contributed by atoms with Crippen LogP contribution in [0.2, 0.25) is 5.02 Å². The molecular weight excluding hydrogens is 420 g/mol. The number of fused-ring (bicyclic) bond motifs is 2. The van der Waals surface area contributed by atoms with Crippen molar-refractivity contribution in [2.75, 3.05) is 5.32 Å². The van der Waals surface area contributed by atoms with Gasteiger partial charge in [0.25, 0.3) is 5.91 Å². The van der Waals surface area contributed by atoms with Crippen LogP contribution in [-0.4, -0.2) is 20.9 Å². The number of benzene rings is 4. The van der Waals surface area contributed by atoms with Gasteiger partial charge in [0.1, 0.15) is 11.0 Å². The molecule has 0 bridgehead atoms. The Kier molecular flexibility index (Phi) is 5.11. The van der Waals surface area contributed by atoms with Crippen LogP contribution in [-0.2, 0) is 6.42 Å². The first-order valence-corrected chi connectivity index (χ1v) is 10.9. The lowest BCUT2D eigenvalue weighted by atomic mass is 10.0. The summed E-state index contributed by atoms with van der Waals surface area (Å²) in [5, 5.41) is 14.6. The molecule has 5 rings (SSSR count). The number of halogens is 1. The van der Waals surface area contributed by atoms with Gasteiger partial charge in [-0.1, -0.05) is 54.9 Å². The van der Waals surface area contributed by atoms with Crippen LogP contribution < -0.4 is 5.32 Å². The molecule has 5 nitrogen and oxygen atoms in total. The first-order chi connectivity index (χ1) is 15.5. The summed E-state index contributed by atoms with van der Waals surface area (Å²) in [5.74, 6) is -0.192. The molecule has 32 heavy (non-hydrogen) atoms. The molecule has 0 aliphatic carbocycles. The van der Waals surface area contributed by atoms with Gasteiger partial charge in [0.15, 0.2) is 0 Å². The van der Waals surface area contributed by atoms with Crippen molar-refractivity contribution in [1.82, 2.24) is 15.0 Å². The lowest BCUT2D eigenvalue weighted by Gasteiger charge is -2.10. The molecule has 0 aliphatic rings. The van der Waals surface area contributed by atoms with Crippen molar-refractivity contribution >= 4 is 45.0 Å². The minimum atomic E-state index is -0.192. The number of aryl methyl sites for hydroxylation is 2. The van der Waals surface area contributed by atoms with Gasteiger partial charge in [-0.15, -0.1) is 10.2 Å². The molecule has 0 saturated carbocycles. The molecule has 4 aromatic carbocycles. The molecule has 1 N–H and O–H groups in total. The van der Waals surface area contributed by atoms with Crippen molar-refractivity contribution in [3.05, 3.63) is 94.5 Å². The Morgan fingerprint density at radius 3 is 2.38 bits per heavy atom. The molecule has 0 unspecified atom stereocenters. The highest BCUT2D eigenvalue weighted by Crippen LogP contribution is 2.28. The maximum Gasteiger partial charge on any atom is 0.256 e. The molecule has 158 valence electrons. The molecular formula is C26H21ClN4O. The SMILES string of the molecule is CCc1ccc(-n2nc3cc(C)c(NC(=O)c4cccc5c(Cl)cccc45)cc3n2)cc1. The Labute approximate surface area is 190 Å². The number of amides is 1. The molecule has 0 atom stereocenters. The summed E-state index contributed by atoms with van der Waals surface area (Å²) in [5.41, 5.74) is 5.84. The zero-order valence-corrected chi connectivity index (χ0v) is 18.5. The van der Waals surface area contributed by atoms with E-state index in [4.69, 9.17) is 11.6 Å². The minimum absolute atomic E-state index is 0.192. The fraction of sp³-hybridized carbons (Fsp3) is 0.115. The van der Waals surface area contributed by atoms with Gasteiger partial charge in [-0.25, -0.2) is 0 Å². The van der Waals surface area contributed by atoms with Crippen LogP contribution in [0.3, 0.4) is 0 Å². The van der Waals surface area contributed by atoms with E-state index in [-0.39, 0.29) is 5.91 Å². The smallest absolute Gasteiger partial charge is 0.256 e. The number of carbonyl (C=O) groups excluding carboxylic acids is 1. The lowest BCUT2D eigenvalue weighted by molar-refractivity contribution is 0.102. The van der Waals surface area contributed by atoms with Crippen LogP contribution >= 0.6 is 11.6 Å². The van der Waals surface area contributed by atoms with Gasteiger partial charge in [0.2, 0.25) is 0 Å². The fourth-order valence-corrected chi connectivity index (χ4v) is 4.08. The van der Waals surface area contributed by atoms with Gasteiger partial charge in [-0.2, -0.15) is 4.80 Å². The summed E-state index contributed by atoms with van der Waals surface area (Å²) in [7, 11) is 0. The number of hydrogen-bond acceptors (Lipinski definition) is 3. The number of nitrogens with one attached hydrogen (secondary N) is 1. The van der Waals surface area contributed by atoms with E-state index in [1.54, 1.807) is 10.9 Å². The van der Waals surface area contributed by atoms with Gasteiger partial charge in [-0.05, 0) is 66.3 Å². The van der Waals surface area contributed by atoms with Gasteiger partial charge >= 0.3 is 0 Å². The number of anilines is 1. The number of rotatable bonds is 4. The van der Waals surface area contributed by atoms with E-state index in [2.05, 4.69) is 34.6 Å². The van der Waals surface area contributed by atoms with Crippen molar-refractivity contribution in [3.63, 3.8) is 0 Å². The van der Waals surface area contributed by atoms with E-state index in [1.807, 2.05) is 61.5 Å². The summed E-state index contributed by atoms with van der Waals surface area (Å²) >= 11 is 6.30. The Hall–Kier alpha value is -3.70. The summed E-state index contributed by atoms with van der Waals surface area (Å²) < 4.78 is 0. The molecule has 6 heteroatoms. The van der Waals surface area contributed by atoms with Crippen LogP contribution in [0.4, 0.5) is 5.69 Å². The Morgan fingerprint density at radius 2 is 1.62 bits per heavy atom. The highest BCUT2D eigenvalue weighted by Gasteiger charge is 2.14. The van der Waals surface area contributed by atoms with E-state index < -0.39 is 0 Å². The summed E-state index contributed by atoms with van der Waals surface area (Å²) in [6.07, 6.45) is 0.986. The highest BCUT2D eigenvalue weighted by atomic mass is 35.5. The van der Waals surface area contributed by atoms with Crippen LogP contribution in [0.5, 0.6) is 0 Å². The lowest BCUT2D eigenvalue weighted by Crippen LogP contribution is -2.13. The second kappa shape index (κ2) is 8.09. The standard InChI is InChI=1S/C26H21ClN4O/c1-3-17-10-12-18(13-11-17)31-29-24-14-16(2)23(15-25(24)30-31)28-26(32)21-8-4-7-20-19(21)6-5-9-22(20)27/h4-15H,3H2,1-2H3,(H,28,32). The van der Waals surface area contributed by atoms with Crippen molar-refractivity contribution in [3.8, 4) is 5.69 Å². The first-order valence-electron chi connectivity index (χ1n) is 10.5. The minimum Gasteiger partial charge on any atom is -0.322 e. The number of carbonyl (C=O) groups is 1. The van der Waals surface area contributed by atoms with Crippen molar-refractivity contribution in [2.24, 2.45) is 0 Å². The van der Waals surface area contributed by atoms with Gasteiger partial charge in [0, 0.05) is 21.7 Å². The zero-order valence-electron chi connectivity index (χ0n) is 17.8. The van der Waals surface area contributed by atoms with Crippen molar-refractivity contribution in [2.45, 2.75) is 20.3 Å². The van der Waals surface area contributed by atoms with E-state index in [0.717, 1.165) is 34.0 Å². The maximum atomic E-state index is 13.1. The van der Waals surface area contributed by atoms with E-state index in [9.17, 15) is 4.79 Å². The quantitative estimate of drug-likeness (QED) is 0.354. The second-order valence-corrected chi connectivity index (χ2v) is 8.17. The van der Waals surface area contributed by atoms with Gasteiger partial charge < -0.3 is 5.32 Å². The third kappa shape index (κ3) is 3.61. The van der Waals surface area contributed by atoms with E-state index >= 15 is 0 Å². The Balaban J connectivity index is 1.49. The topological polar surface area (TPSA) is 59.8 Å². The second-order valence-electron chi connectivity index (χ2n) is 7.76. The fourth-order valence-electron chi connectivity index (χ4n) is 3.84. The van der Waals surface area contributed by atoms with Gasteiger partial charge in [0.05, 0.1) is 5.69 Å². The van der Waals surface area contributed by atoms with E-state index in [1.165, 1.54) is 5.56 Å². The molecule has 0 radical (unpaired) electrons. The predicted octanol–water partition coefficient (Wildman–Crippen LogP) is 6.35. The molecule has 5 aromatic rings. The zero-order chi connectivity index (χ0) is 22.2. The first kappa shape index (κ1) is 20.2. The van der Waals surface area contributed by atoms with Crippen LogP contribution in [0.1, 0.15) is 28.4 Å². The average molecular weight is 441 g/mol. The molecule has 0 saturated heterocycles. The summed E-state index contributed by atoms with van der Waals surface area (Å²) in [6.45, 7) is 4.07. The number of hydrogen-bond donors (Lipinski definition) is 1. The Morgan fingerprint density at radius 1 is 0.938 bits per heavy atom. The molecule has 1 heterocycles. The largest absolute Gasteiger partial charge is 0.322 e. The van der Waals surface area contributed by atoms with Gasteiger partial charge in [-0.3, -0.25) is 4.79 Å². The van der Waals surface area contributed by atoms with Crippen LogP contribution in [0.25, 0.3) is 27.5 Å². The molecule has 0 fully saturated rings. The average Bonchev–Trinajstić information content (AvgIpc) is 3.22. The van der Waals surface area contributed by atoms with Crippen molar-refractivity contribution < 1.29 is 4.79 Å². The van der Waals surface area contributed by atoms with E-state index in [0.29, 0.717) is 21.8 Å². The molecule has 0 aliphatic heterocycles. The summed E-state index contributed by atoms with van der Waals surface area (Å²) in [4.78, 5) is 14.7. The van der Waals surface area contributed by atoms with Crippen LogP contribution in [0, 0.1) is 6.92 Å². The normalized spacial score (nSPS) is 11.2. The number of aromatic nitrogens is 3. The molecule has 0 spiro atoms. The monoisotopic (exact) mass is 440 g/mol. The molecule has 1 amide bonds. The third-order valence-corrected chi connectivity index (χ3v) is 5.99. The summed E-state index contributed by atoms with van der Waals surface area (Å²) in [6, 6.07) is 23.1. The van der Waals surface area contributed by atoms with Crippen molar-refractivity contribution in [1.29, 1.82) is 0 Å².